The fraction of sp³-hybridized carbons (Fsp3) is 0.310. The summed E-state index contributed by atoms with van der Waals surface area (Å²) in [5.41, 5.74) is 3.32. The van der Waals surface area contributed by atoms with Crippen molar-refractivity contribution < 1.29 is 18.0 Å². The summed E-state index contributed by atoms with van der Waals surface area (Å²) in [7, 11) is -3.87. The molecule has 1 saturated heterocycles. The lowest BCUT2D eigenvalue weighted by Gasteiger charge is -2.35. The van der Waals surface area contributed by atoms with Crippen LogP contribution in [0.25, 0.3) is 0 Å². The quantitative estimate of drug-likeness (QED) is 0.466. The second-order valence-electron chi connectivity index (χ2n) is 9.33. The number of nitrogens with zero attached hydrogens (tertiary/aromatic N) is 2. The molecule has 0 saturated carbocycles. The van der Waals surface area contributed by atoms with Gasteiger partial charge in [0.1, 0.15) is 0 Å². The van der Waals surface area contributed by atoms with Gasteiger partial charge in [0, 0.05) is 43.0 Å². The molecule has 0 radical (unpaired) electrons. The van der Waals surface area contributed by atoms with Gasteiger partial charge in [0.15, 0.2) is 0 Å². The Morgan fingerprint density at radius 3 is 2.08 bits per heavy atom. The van der Waals surface area contributed by atoms with Crippen molar-refractivity contribution in [3.05, 3.63) is 95.1 Å². The van der Waals surface area contributed by atoms with E-state index in [9.17, 15) is 18.0 Å². The molecule has 7 nitrogen and oxygen atoms in total. The molecule has 2 amide bonds. The van der Waals surface area contributed by atoms with Gasteiger partial charge in [-0.3, -0.25) is 14.3 Å². The minimum atomic E-state index is -3.87. The number of nitrogens with one attached hydrogen (secondary N) is 1. The Balaban J connectivity index is 1.43. The highest BCUT2D eigenvalue weighted by Gasteiger charge is 2.27. The first kappa shape index (κ1) is 26.4. The predicted molar refractivity (Wildman–Crippen MR) is 145 cm³/mol. The molecule has 3 aromatic rings. The Morgan fingerprint density at radius 1 is 0.838 bits per heavy atom. The highest BCUT2D eigenvalue weighted by molar-refractivity contribution is 7.92. The van der Waals surface area contributed by atoms with E-state index in [4.69, 9.17) is 0 Å². The molecule has 1 N–H and O–H groups in total. The minimum absolute atomic E-state index is 0.0365. The minimum Gasteiger partial charge on any atom is -0.335 e. The molecule has 4 rings (SSSR count). The van der Waals surface area contributed by atoms with Gasteiger partial charge in [0.05, 0.1) is 4.90 Å². The van der Waals surface area contributed by atoms with Gasteiger partial charge in [-0.15, -0.1) is 0 Å². The fourth-order valence-corrected chi connectivity index (χ4v) is 5.46. The number of piperazine rings is 1. The molecule has 0 bridgehead atoms. The number of anilines is 1. The summed E-state index contributed by atoms with van der Waals surface area (Å²) in [4.78, 5) is 29.5. The lowest BCUT2D eigenvalue weighted by Crippen LogP contribution is -2.50. The van der Waals surface area contributed by atoms with Gasteiger partial charge < -0.3 is 9.80 Å². The van der Waals surface area contributed by atoms with Crippen LogP contribution in [0.5, 0.6) is 0 Å². The number of unbranched alkanes of at least 4 members (excludes halogenated alkanes) is 1. The summed E-state index contributed by atoms with van der Waals surface area (Å²) in [5, 5.41) is 0. The first-order chi connectivity index (χ1) is 17.8. The van der Waals surface area contributed by atoms with Crippen LogP contribution in [-0.2, 0) is 16.4 Å². The second kappa shape index (κ2) is 11.6. The van der Waals surface area contributed by atoms with E-state index in [1.165, 1.54) is 17.7 Å². The fourth-order valence-electron chi connectivity index (χ4n) is 4.38. The van der Waals surface area contributed by atoms with Crippen LogP contribution in [0.4, 0.5) is 5.69 Å². The number of carbonyl (C=O) groups excluding carboxylic acids is 2. The zero-order chi connectivity index (χ0) is 26.4. The maximum atomic E-state index is 13.3. The number of hydrogen-bond donors (Lipinski definition) is 1. The SMILES string of the molecule is CCCCc1ccc(NS(=O)(=O)c2ccc(C)c(C(=O)N3CCN(C(=O)c4ccccc4)CC3)c2)cc1. The van der Waals surface area contributed by atoms with E-state index in [2.05, 4.69) is 11.6 Å². The molecular formula is C29H33N3O4S. The number of sulfonamides is 1. The first-order valence-corrected chi connectivity index (χ1v) is 14.1. The van der Waals surface area contributed by atoms with E-state index in [0.717, 1.165) is 19.3 Å². The van der Waals surface area contributed by atoms with Crippen LogP contribution in [0.15, 0.2) is 77.7 Å². The van der Waals surface area contributed by atoms with Gasteiger partial charge in [0.25, 0.3) is 21.8 Å². The number of rotatable bonds is 8. The maximum absolute atomic E-state index is 13.3. The largest absolute Gasteiger partial charge is 0.335 e. The zero-order valence-electron chi connectivity index (χ0n) is 21.3. The summed E-state index contributed by atoms with van der Waals surface area (Å²) >= 11 is 0. The van der Waals surface area contributed by atoms with E-state index in [0.29, 0.717) is 48.6 Å². The van der Waals surface area contributed by atoms with Crippen LogP contribution >= 0.6 is 0 Å². The van der Waals surface area contributed by atoms with E-state index in [1.54, 1.807) is 47.1 Å². The van der Waals surface area contributed by atoms with Crippen molar-refractivity contribution in [2.24, 2.45) is 0 Å². The Hall–Kier alpha value is -3.65. The number of carbonyl (C=O) groups is 2. The van der Waals surface area contributed by atoms with Gasteiger partial charge >= 0.3 is 0 Å². The number of benzene rings is 3. The van der Waals surface area contributed by atoms with E-state index < -0.39 is 10.0 Å². The smallest absolute Gasteiger partial charge is 0.261 e. The normalized spacial score (nSPS) is 13.9. The molecule has 0 atom stereocenters. The molecular weight excluding hydrogens is 486 g/mol. The van der Waals surface area contributed by atoms with Gasteiger partial charge in [-0.1, -0.05) is 49.7 Å². The first-order valence-electron chi connectivity index (χ1n) is 12.6. The van der Waals surface area contributed by atoms with Crippen molar-refractivity contribution >= 4 is 27.5 Å². The molecule has 1 heterocycles. The number of hydrogen-bond acceptors (Lipinski definition) is 4. The lowest BCUT2D eigenvalue weighted by atomic mass is 10.1. The highest BCUT2D eigenvalue weighted by Crippen LogP contribution is 2.22. The van der Waals surface area contributed by atoms with Gasteiger partial charge in [-0.2, -0.15) is 0 Å². The van der Waals surface area contributed by atoms with Crippen molar-refractivity contribution in [1.29, 1.82) is 0 Å². The molecule has 0 unspecified atom stereocenters. The van der Waals surface area contributed by atoms with E-state index in [1.807, 2.05) is 30.3 Å². The van der Waals surface area contributed by atoms with Crippen LogP contribution in [0.2, 0.25) is 0 Å². The monoisotopic (exact) mass is 519 g/mol. The van der Waals surface area contributed by atoms with E-state index >= 15 is 0 Å². The second-order valence-corrected chi connectivity index (χ2v) is 11.0. The molecule has 37 heavy (non-hydrogen) atoms. The van der Waals surface area contributed by atoms with Crippen LogP contribution in [0.3, 0.4) is 0 Å². The molecule has 194 valence electrons. The Kier molecular flexibility index (Phi) is 8.28. The molecule has 0 aliphatic carbocycles. The molecule has 8 heteroatoms. The zero-order valence-corrected chi connectivity index (χ0v) is 22.1. The third-order valence-electron chi connectivity index (χ3n) is 6.65. The Bertz CT molecular complexity index is 1350. The molecule has 3 aromatic carbocycles. The summed E-state index contributed by atoms with van der Waals surface area (Å²) in [5.74, 6) is -0.289. The summed E-state index contributed by atoms with van der Waals surface area (Å²) in [6.45, 7) is 5.54. The molecule has 1 aliphatic heterocycles. The average Bonchev–Trinajstić information content (AvgIpc) is 2.92. The van der Waals surface area contributed by atoms with Crippen LogP contribution in [0.1, 0.15) is 51.6 Å². The maximum Gasteiger partial charge on any atom is 0.261 e. The molecule has 0 aromatic heterocycles. The average molecular weight is 520 g/mol. The number of aryl methyl sites for hydroxylation is 2. The Labute approximate surface area is 219 Å². The van der Waals surface area contributed by atoms with Gasteiger partial charge in [-0.05, 0) is 67.3 Å². The Morgan fingerprint density at radius 2 is 1.46 bits per heavy atom. The third kappa shape index (κ3) is 6.38. The van der Waals surface area contributed by atoms with Crippen molar-refractivity contribution in [3.8, 4) is 0 Å². The van der Waals surface area contributed by atoms with Crippen molar-refractivity contribution in [2.75, 3.05) is 30.9 Å². The van der Waals surface area contributed by atoms with E-state index in [-0.39, 0.29) is 16.7 Å². The van der Waals surface area contributed by atoms with Crippen LogP contribution in [0, 0.1) is 6.92 Å². The van der Waals surface area contributed by atoms with Crippen molar-refractivity contribution in [1.82, 2.24) is 9.80 Å². The van der Waals surface area contributed by atoms with Crippen LogP contribution < -0.4 is 4.72 Å². The topological polar surface area (TPSA) is 86.8 Å². The van der Waals surface area contributed by atoms with Crippen molar-refractivity contribution in [2.45, 2.75) is 38.0 Å². The third-order valence-corrected chi connectivity index (χ3v) is 8.03. The summed E-state index contributed by atoms with van der Waals surface area (Å²) < 4.78 is 28.8. The molecule has 1 aliphatic rings. The van der Waals surface area contributed by atoms with Crippen LogP contribution in [-0.4, -0.2) is 56.2 Å². The standard InChI is InChI=1S/C29H33N3O4S/c1-3-4-8-23-12-14-25(15-13-23)30-37(35,36)26-16-11-22(2)27(21-26)29(34)32-19-17-31(18-20-32)28(33)24-9-6-5-7-10-24/h5-7,9-16,21,30H,3-4,8,17-20H2,1-2H3. The predicted octanol–water partition coefficient (Wildman–Crippen LogP) is 4.74. The number of amides is 2. The highest BCUT2D eigenvalue weighted by atomic mass is 32.2. The lowest BCUT2D eigenvalue weighted by molar-refractivity contribution is 0.0535. The van der Waals surface area contributed by atoms with Gasteiger partial charge in [-0.25, -0.2) is 8.42 Å². The summed E-state index contributed by atoms with van der Waals surface area (Å²) in [6.07, 6.45) is 3.15. The van der Waals surface area contributed by atoms with Crippen molar-refractivity contribution in [3.63, 3.8) is 0 Å². The molecule has 1 fully saturated rings. The van der Waals surface area contributed by atoms with Gasteiger partial charge in [0.2, 0.25) is 0 Å². The summed E-state index contributed by atoms with van der Waals surface area (Å²) in [6, 6.07) is 21.1. The molecule has 0 spiro atoms.